The Balaban J connectivity index is 3.54. The molecule has 222 valence electrons. The largest absolute Gasteiger partial charge is 0.303 e. The molecule has 1 unspecified atom stereocenters. The maximum atomic E-state index is 12.4. The molecule has 2 nitrogen and oxygen atoms in total. The number of hydrogen-bond donors (Lipinski definition) is 0. The first-order valence-corrected chi connectivity index (χ1v) is 17.0. The Morgan fingerprint density at radius 1 is 0.474 bits per heavy atom. The van der Waals surface area contributed by atoms with Gasteiger partial charge >= 0.3 is 0 Å². The molecule has 0 heterocycles. The first-order valence-electron chi connectivity index (χ1n) is 17.0. The Bertz CT molecular complexity index is 548. The molecule has 1 atom stereocenters. The second-order valence-corrected chi connectivity index (χ2v) is 11.6. The lowest BCUT2D eigenvalue weighted by Gasteiger charge is -2.08. The third-order valence-corrected chi connectivity index (χ3v) is 7.79. The van der Waals surface area contributed by atoms with Crippen molar-refractivity contribution in [2.75, 3.05) is 0 Å². The van der Waals surface area contributed by atoms with E-state index in [1.54, 1.807) is 0 Å². The molecule has 0 rings (SSSR count). The number of carbonyl (C=O) groups is 2. The number of ketones is 1. The van der Waals surface area contributed by atoms with E-state index < -0.39 is 0 Å². The van der Waals surface area contributed by atoms with E-state index >= 15 is 0 Å². The first-order chi connectivity index (χ1) is 18.8. The monoisotopic (exact) mass is 531 g/mol. The molecule has 0 saturated carbocycles. The highest BCUT2D eigenvalue weighted by Gasteiger charge is 2.16. The van der Waals surface area contributed by atoms with Crippen molar-refractivity contribution in [3.8, 4) is 0 Å². The zero-order chi connectivity index (χ0) is 27.8. The number of rotatable bonds is 31. The van der Waals surface area contributed by atoms with Crippen LogP contribution in [0, 0.1) is 5.92 Å². The number of Topliss-reactive ketones (excluding diaryl/α,β-unsaturated/α-hetero) is 1. The average Bonchev–Trinajstić information content (AvgIpc) is 2.93. The second kappa shape index (κ2) is 32.0. The Labute approximate surface area is 238 Å². The van der Waals surface area contributed by atoms with Crippen molar-refractivity contribution in [1.82, 2.24) is 0 Å². The van der Waals surface area contributed by atoms with E-state index in [1.807, 2.05) is 0 Å². The van der Waals surface area contributed by atoms with Crippen molar-refractivity contribution in [3.63, 3.8) is 0 Å². The summed E-state index contributed by atoms with van der Waals surface area (Å²) in [6, 6.07) is 0. The van der Waals surface area contributed by atoms with Crippen LogP contribution in [0.4, 0.5) is 0 Å². The number of carbonyl (C=O) groups excluding carboxylic acids is 2. The van der Waals surface area contributed by atoms with Crippen molar-refractivity contribution >= 4 is 12.1 Å². The van der Waals surface area contributed by atoms with E-state index in [4.69, 9.17) is 0 Å². The van der Waals surface area contributed by atoms with Gasteiger partial charge in [0.2, 0.25) is 0 Å². The highest BCUT2D eigenvalue weighted by molar-refractivity contribution is 5.93. The standard InChI is InChI=1S/C36H66O2/c1-3-5-7-9-11-13-15-17-19-21-23-25-27-29-31-33-36(38)35(34-37)32-30-28-26-24-22-20-18-16-14-12-10-8-6-4-2/h23-26,34-35H,3-22,27-33H2,1-2H3. The van der Waals surface area contributed by atoms with E-state index in [1.165, 1.54) is 128 Å². The van der Waals surface area contributed by atoms with Crippen molar-refractivity contribution in [2.24, 2.45) is 5.92 Å². The molecule has 2 heteroatoms. The van der Waals surface area contributed by atoms with Gasteiger partial charge in [-0.2, -0.15) is 0 Å². The maximum absolute atomic E-state index is 12.4. The molecule has 0 aliphatic heterocycles. The summed E-state index contributed by atoms with van der Waals surface area (Å²) in [6.45, 7) is 4.55. The minimum absolute atomic E-state index is 0.150. The lowest BCUT2D eigenvalue weighted by molar-refractivity contribution is -0.127. The van der Waals surface area contributed by atoms with Gasteiger partial charge in [-0.25, -0.2) is 0 Å². The lowest BCUT2D eigenvalue weighted by Crippen LogP contribution is -2.15. The van der Waals surface area contributed by atoms with Crippen LogP contribution in [0.5, 0.6) is 0 Å². The van der Waals surface area contributed by atoms with Crippen LogP contribution < -0.4 is 0 Å². The molecule has 0 spiro atoms. The molecule has 0 amide bonds. The van der Waals surface area contributed by atoms with Gasteiger partial charge < -0.3 is 4.79 Å². The summed E-state index contributed by atoms with van der Waals surface area (Å²) in [4.78, 5) is 23.8. The average molecular weight is 531 g/mol. The number of hydrogen-bond acceptors (Lipinski definition) is 2. The van der Waals surface area contributed by atoms with Crippen molar-refractivity contribution in [3.05, 3.63) is 24.3 Å². The van der Waals surface area contributed by atoms with Gasteiger partial charge in [-0.15, -0.1) is 0 Å². The van der Waals surface area contributed by atoms with Crippen LogP contribution in [0.1, 0.15) is 187 Å². The van der Waals surface area contributed by atoms with Crippen molar-refractivity contribution in [2.45, 2.75) is 187 Å². The molecule has 0 saturated heterocycles. The molecule has 0 aliphatic carbocycles. The Morgan fingerprint density at radius 2 is 0.816 bits per heavy atom. The molecule has 0 radical (unpaired) electrons. The van der Waals surface area contributed by atoms with Gasteiger partial charge in [0.25, 0.3) is 0 Å². The van der Waals surface area contributed by atoms with Crippen LogP contribution >= 0.6 is 0 Å². The first kappa shape index (κ1) is 36.8. The minimum atomic E-state index is -0.386. The molecular weight excluding hydrogens is 464 g/mol. The van der Waals surface area contributed by atoms with Gasteiger partial charge in [0.05, 0.1) is 5.92 Å². The summed E-state index contributed by atoms with van der Waals surface area (Å²) in [5, 5.41) is 0. The smallest absolute Gasteiger partial charge is 0.143 e. The Hall–Kier alpha value is -1.18. The Kier molecular flexibility index (Phi) is 31.0. The van der Waals surface area contributed by atoms with E-state index in [2.05, 4.69) is 38.2 Å². The van der Waals surface area contributed by atoms with Gasteiger partial charge in [-0.3, -0.25) is 4.79 Å². The van der Waals surface area contributed by atoms with Gasteiger partial charge in [0, 0.05) is 6.42 Å². The highest BCUT2D eigenvalue weighted by Crippen LogP contribution is 2.15. The van der Waals surface area contributed by atoms with Gasteiger partial charge in [0.15, 0.2) is 0 Å². The molecule has 0 aromatic rings. The predicted molar refractivity (Wildman–Crippen MR) is 169 cm³/mol. The molecular formula is C36H66O2. The normalized spacial score (nSPS) is 12.6. The number of allylic oxidation sites excluding steroid dienone is 4. The Morgan fingerprint density at radius 3 is 1.21 bits per heavy atom. The zero-order valence-electron chi connectivity index (χ0n) is 25.9. The van der Waals surface area contributed by atoms with Crippen LogP contribution in [-0.4, -0.2) is 12.1 Å². The molecule has 0 fully saturated rings. The molecule has 0 N–H and O–H groups in total. The quantitative estimate of drug-likeness (QED) is 0.0386. The summed E-state index contributed by atoms with van der Waals surface area (Å²) in [7, 11) is 0. The molecule has 0 aromatic carbocycles. The van der Waals surface area contributed by atoms with Crippen LogP contribution in [0.15, 0.2) is 24.3 Å². The summed E-state index contributed by atoms with van der Waals surface area (Å²) in [5.41, 5.74) is 0. The van der Waals surface area contributed by atoms with E-state index in [0.29, 0.717) is 12.8 Å². The predicted octanol–water partition coefficient (Wildman–Crippen LogP) is 12.1. The van der Waals surface area contributed by atoms with Crippen LogP contribution in [0.2, 0.25) is 0 Å². The van der Waals surface area contributed by atoms with Crippen molar-refractivity contribution in [1.29, 1.82) is 0 Å². The highest BCUT2D eigenvalue weighted by atomic mass is 16.1. The summed E-state index contributed by atoms with van der Waals surface area (Å²) in [6.07, 6.45) is 43.4. The van der Waals surface area contributed by atoms with Crippen LogP contribution in [0.25, 0.3) is 0 Å². The van der Waals surface area contributed by atoms with Crippen LogP contribution in [-0.2, 0) is 9.59 Å². The summed E-state index contributed by atoms with van der Waals surface area (Å²) >= 11 is 0. The fourth-order valence-corrected chi connectivity index (χ4v) is 5.12. The van der Waals surface area contributed by atoms with E-state index in [9.17, 15) is 9.59 Å². The molecule has 0 bridgehead atoms. The number of aldehydes is 1. The molecule has 0 aromatic heterocycles. The van der Waals surface area contributed by atoms with Gasteiger partial charge in [-0.1, -0.05) is 141 Å². The van der Waals surface area contributed by atoms with Gasteiger partial charge in [0.1, 0.15) is 12.1 Å². The molecule has 38 heavy (non-hydrogen) atoms. The third kappa shape index (κ3) is 27.8. The number of unbranched alkanes of at least 4 members (excludes halogenated alkanes) is 21. The second-order valence-electron chi connectivity index (χ2n) is 11.6. The maximum Gasteiger partial charge on any atom is 0.143 e. The zero-order valence-corrected chi connectivity index (χ0v) is 25.9. The van der Waals surface area contributed by atoms with Crippen molar-refractivity contribution < 1.29 is 9.59 Å². The topological polar surface area (TPSA) is 34.1 Å². The van der Waals surface area contributed by atoms with Gasteiger partial charge in [-0.05, 0) is 64.2 Å². The van der Waals surface area contributed by atoms with E-state index in [0.717, 1.165) is 38.4 Å². The minimum Gasteiger partial charge on any atom is -0.303 e. The fraction of sp³-hybridized carbons (Fsp3) is 0.833. The third-order valence-electron chi connectivity index (χ3n) is 7.79. The summed E-state index contributed by atoms with van der Waals surface area (Å²) < 4.78 is 0. The van der Waals surface area contributed by atoms with E-state index in [-0.39, 0.29) is 11.7 Å². The lowest BCUT2D eigenvalue weighted by atomic mass is 9.95. The fourth-order valence-electron chi connectivity index (χ4n) is 5.12. The molecule has 0 aliphatic rings. The SMILES string of the molecule is CCCCCCCCCCCC=CCCCCC(=O)C(C=O)CCCC=CCCCCCCCCCCC. The van der Waals surface area contributed by atoms with Crippen LogP contribution in [0.3, 0.4) is 0 Å². The summed E-state index contributed by atoms with van der Waals surface area (Å²) in [5.74, 6) is -0.236.